The van der Waals surface area contributed by atoms with E-state index in [2.05, 4.69) is 5.09 Å². The molecule has 0 amide bonds. The third kappa shape index (κ3) is 7.17. The van der Waals surface area contributed by atoms with E-state index in [0.29, 0.717) is 12.5 Å². The highest BCUT2D eigenvalue weighted by Crippen LogP contribution is 2.50. The molecule has 1 atom stereocenters. The quantitative estimate of drug-likeness (QED) is 0.663. The van der Waals surface area contributed by atoms with Gasteiger partial charge in [0.2, 0.25) is 0 Å². The summed E-state index contributed by atoms with van der Waals surface area (Å²) in [6.07, 6.45) is 0.882. The van der Waals surface area contributed by atoms with Gasteiger partial charge in [0.15, 0.2) is 0 Å². The van der Waals surface area contributed by atoms with Crippen molar-refractivity contribution in [1.29, 1.82) is 0 Å². The standard InChI is InChI=1S/C7H18NO2PS/c1-4-5-8-11(9,10)12-6-7(2)3/h7H,4-6H2,1-3H3,(H2,8,9,10). The van der Waals surface area contributed by atoms with Gasteiger partial charge in [-0.25, -0.2) is 5.09 Å². The van der Waals surface area contributed by atoms with E-state index in [1.54, 1.807) is 0 Å². The topological polar surface area (TPSA) is 49.3 Å². The van der Waals surface area contributed by atoms with Gasteiger partial charge in [-0.3, -0.25) is 4.57 Å². The summed E-state index contributed by atoms with van der Waals surface area (Å²) >= 11 is 1.13. The van der Waals surface area contributed by atoms with Crippen LogP contribution in [0.3, 0.4) is 0 Å². The van der Waals surface area contributed by atoms with Gasteiger partial charge in [0, 0.05) is 12.3 Å². The molecule has 0 radical (unpaired) electrons. The van der Waals surface area contributed by atoms with Gasteiger partial charge in [0.1, 0.15) is 0 Å². The Morgan fingerprint density at radius 2 is 2.17 bits per heavy atom. The summed E-state index contributed by atoms with van der Waals surface area (Å²) in [5.41, 5.74) is 0. The molecule has 2 N–H and O–H groups in total. The van der Waals surface area contributed by atoms with Crippen molar-refractivity contribution in [2.24, 2.45) is 5.92 Å². The Labute approximate surface area is 78.6 Å². The van der Waals surface area contributed by atoms with E-state index >= 15 is 0 Å². The summed E-state index contributed by atoms with van der Waals surface area (Å²) < 4.78 is 11.3. The fourth-order valence-corrected chi connectivity index (χ4v) is 3.69. The first-order valence-electron chi connectivity index (χ1n) is 4.20. The number of rotatable bonds is 6. The Hall–Kier alpha value is 0.500. The van der Waals surface area contributed by atoms with Crippen LogP contribution in [-0.4, -0.2) is 17.2 Å². The van der Waals surface area contributed by atoms with Crippen molar-refractivity contribution in [2.45, 2.75) is 27.2 Å². The van der Waals surface area contributed by atoms with Crippen molar-refractivity contribution >= 4 is 18.1 Å². The third-order valence-corrected chi connectivity index (χ3v) is 4.82. The van der Waals surface area contributed by atoms with Crippen LogP contribution in [0.1, 0.15) is 27.2 Å². The summed E-state index contributed by atoms with van der Waals surface area (Å²) in [6, 6.07) is 0. The second-order valence-corrected chi connectivity index (χ2v) is 7.33. The van der Waals surface area contributed by atoms with E-state index in [4.69, 9.17) is 0 Å². The Balaban J connectivity index is 3.64. The smallest absolute Gasteiger partial charge is 0.323 e. The van der Waals surface area contributed by atoms with E-state index in [9.17, 15) is 9.46 Å². The SMILES string of the molecule is CCCNP(=O)(O)SCC(C)C. The van der Waals surface area contributed by atoms with Gasteiger partial charge >= 0.3 is 6.72 Å². The first-order valence-corrected chi connectivity index (χ1v) is 7.45. The molecular weight excluding hydrogens is 193 g/mol. The summed E-state index contributed by atoms with van der Waals surface area (Å²) in [5.74, 6) is 1.18. The van der Waals surface area contributed by atoms with Crippen LogP contribution in [0.5, 0.6) is 0 Å². The van der Waals surface area contributed by atoms with Crippen LogP contribution >= 0.6 is 18.1 Å². The van der Waals surface area contributed by atoms with Gasteiger partial charge in [-0.2, -0.15) is 0 Å². The molecule has 0 fully saturated rings. The predicted molar refractivity (Wildman–Crippen MR) is 55.4 cm³/mol. The van der Waals surface area contributed by atoms with Crippen LogP contribution in [0, 0.1) is 5.92 Å². The van der Waals surface area contributed by atoms with Crippen LogP contribution in [-0.2, 0) is 4.57 Å². The summed E-state index contributed by atoms with van der Waals surface area (Å²) in [7, 11) is 0. The first kappa shape index (κ1) is 12.5. The average molecular weight is 211 g/mol. The minimum Gasteiger partial charge on any atom is -0.326 e. The van der Waals surface area contributed by atoms with Crippen molar-refractivity contribution in [2.75, 3.05) is 12.3 Å². The zero-order valence-electron chi connectivity index (χ0n) is 7.91. The maximum Gasteiger partial charge on any atom is 0.323 e. The monoisotopic (exact) mass is 211 g/mol. The van der Waals surface area contributed by atoms with E-state index in [1.807, 2.05) is 20.8 Å². The molecule has 0 aliphatic carbocycles. The third-order valence-electron chi connectivity index (χ3n) is 1.14. The molecule has 0 aromatic rings. The minimum absolute atomic E-state index is 0.457. The highest BCUT2D eigenvalue weighted by atomic mass is 32.7. The first-order chi connectivity index (χ1) is 5.48. The van der Waals surface area contributed by atoms with Crippen molar-refractivity contribution in [3.05, 3.63) is 0 Å². The van der Waals surface area contributed by atoms with E-state index < -0.39 is 6.72 Å². The molecule has 0 aromatic heterocycles. The van der Waals surface area contributed by atoms with E-state index in [0.717, 1.165) is 23.6 Å². The lowest BCUT2D eigenvalue weighted by Crippen LogP contribution is -2.09. The predicted octanol–water partition coefficient (Wildman–Crippen LogP) is 2.48. The van der Waals surface area contributed by atoms with Gasteiger partial charge < -0.3 is 4.89 Å². The van der Waals surface area contributed by atoms with Crippen molar-refractivity contribution in [3.63, 3.8) is 0 Å². The fraction of sp³-hybridized carbons (Fsp3) is 1.00. The number of hydrogen-bond donors (Lipinski definition) is 2. The van der Waals surface area contributed by atoms with Crippen molar-refractivity contribution < 1.29 is 9.46 Å². The second kappa shape index (κ2) is 6.03. The largest absolute Gasteiger partial charge is 0.326 e. The zero-order chi connectivity index (χ0) is 9.61. The Morgan fingerprint density at radius 1 is 1.58 bits per heavy atom. The van der Waals surface area contributed by atoms with Crippen LogP contribution in [0.15, 0.2) is 0 Å². The van der Waals surface area contributed by atoms with Crippen LogP contribution in [0.25, 0.3) is 0 Å². The molecule has 0 saturated carbocycles. The van der Waals surface area contributed by atoms with E-state index in [1.165, 1.54) is 0 Å². The molecule has 0 rings (SSSR count). The Kier molecular flexibility index (Phi) is 6.28. The van der Waals surface area contributed by atoms with Gasteiger partial charge in [0.25, 0.3) is 0 Å². The summed E-state index contributed by atoms with van der Waals surface area (Å²) in [5, 5.41) is 2.64. The Morgan fingerprint density at radius 3 is 2.58 bits per heavy atom. The lowest BCUT2D eigenvalue weighted by atomic mass is 10.3. The van der Waals surface area contributed by atoms with Crippen molar-refractivity contribution in [3.8, 4) is 0 Å². The molecule has 1 unspecified atom stereocenters. The molecule has 3 nitrogen and oxygen atoms in total. The molecule has 0 aromatic carbocycles. The molecule has 0 aliphatic rings. The summed E-state index contributed by atoms with van der Waals surface area (Å²) in [6.45, 7) is 3.56. The maximum absolute atomic E-state index is 11.3. The fourth-order valence-electron chi connectivity index (χ4n) is 0.549. The number of nitrogens with one attached hydrogen (secondary N) is 1. The molecule has 0 aliphatic heterocycles. The minimum atomic E-state index is -3.10. The van der Waals surface area contributed by atoms with Crippen molar-refractivity contribution in [1.82, 2.24) is 5.09 Å². The zero-order valence-corrected chi connectivity index (χ0v) is 9.62. The molecule has 0 spiro atoms. The molecule has 5 heteroatoms. The molecule has 0 bridgehead atoms. The van der Waals surface area contributed by atoms with Gasteiger partial charge in [-0.15, -0.1) is 0 Å². The van der Waals surface area contributed by atoms with E-state index in [-0.39, 0.29) is 0 Å². The normalized spacial score (nSPS) is 16.4. The summed E-state index contributed by atoms with van der Waals surface area (Å²) in [4.78, 5) is 9.30. The van der Waals surface area contributed by atoms with Crippen LogP contribution in [0.4, 0.5) is 0 Å². The lowest BCUT2D eigenvalue weighted by Gasteiger charge is -2.12. The highest BCUT2D eigenvalue weighted by Gasteiger charge is 2.17. The van der Waals surface area contributed by atoms with Gasteiger partial charge in [0.05, 0.1) is 0 Å². The Bertz CT molecular complexity index is 163. The highest BCUT2D eigenvalue weighted by molar-refractivity contribution is 8.55. The molecular formula is C7H18NO2PS. The molecule has 0 saturated heterocycles. The molecule has 74 valence electrons. The number of hydrogen-bond acceptors (Lipinski definition) is 2. The lowest BCUT2D eigenvalue weighted by molar-refractivity contribution is 0.482. The molecule has 0 heterocycles. The maximum atomic E-state index is 11.3. The van der Waals surface area contributed by atoms with Crippen LogP contribution in [0.2, 0.25) is 0 Å². The second-order valence-electron chi connectivity index (χ2n) is 3.12. The average Bonchev–Trinajstić information content (AvgIpc) is 1.98. The molecule has 12 heavy (non-hydrogen) atoms. The van der Waals surface area contributed by atoms with Gasteiger partial charge in [-0.05, 0) is 12.3 Å². The van der Waals surface area contributed by atoms with Gasteiger partial charge in [-0.1, -0.05) is 32.2 Å². The van der Waals surface area contributed by atoms with Crippen LogP contribution < -0.4 is 5.09 Å².